The van der Waals surface area contributed by atoms with Crippen LogP contribution in [0, 0.1) is 6.92 Å². The lowest BCUT2D eigenvalue weighted by atomic mass is 10.1. The molecule has 2 aliphatic rings. The van der Waals surface area contributed by atoms with Gasteiger partial charge in [0.15, 0.2) is 11.0 Å². The fourth-order valence-corrected chi connectivity index (χ4v) is 5.28. The van der Waals surface area contributed by atoms with Gasteiger partial charge in [0, 0.05) is 28.6 Å². The molecule has 4 heterocycles. The molecule has 2 aromatic heterocycles. The molecule has 0 saturated heterocycles. The van der Waals surface area contributed by atoms with Crippen LogP contribution in [0.25, 0.3) is 0 Å². The number of thioether (sulfide) groups is 1. The summed E-state index contributed by atoms with van der Waals surface area (Å²) in [6, 6.07) is 12.4. The van der Waals surface area contributed by atoms with Crippen molar-refractivity contribution in [3.8, 4) is 0 Å². The van der Waals surface area contributed by atoms with E-state index >= 15 is 0 Å². The van der Waals surface area contributed by atoms with Gasteiger partial charge < -0.3 is 10.6 Å². The van der Waals surface area contributed by atoms with Gasteiger partial charge >= 0.3 is 0 Å². The highest BCUT2D eigenvalue weighted by molar-refractivity contribution is 8.14. The first kappa shape index (κ1) is 23.9. The fourth-order valence-electron chi connectivity index (χ4n) is 3.83. The summed E-state index contributed by atoms with van der Waals surface area (Å²) in [6.07, 6.45) is 0.466. The van der Waals surface area contributed by atoms with E-state index in [1.807, 2.05) is 48.7 Å². The van der Waals surface area contributed by atoms with Crippen LogP contribution in [0.15, 0.2) is 57.8 Å². The Bertz CT molecular complexity index is 1360. The zero-order valence-electron chi connectivity index (χ0n) is 19.4. The number of H-pyrrole nitrogens is 1. The van der Waals surface area contributed by atoms with Crippen molar-refractivity contribution >= 4 is 63.3 Å². The molecule has 5 rings (SSSR count). The summed E-state index contributed by atoms with van der Waals surface area (Å²) in [7, 11) is 0. The van der Waals surface area contributed by atoms with E-state index in [9.17, 15) is 14.4 Å². The average Bonchev–Trinajstić information content (AvgIpc) is 3.61. The van der Waals surface area contributed by atoms with Crippen LogP contribution in [0.4, 0.5) is 11.5 Å². The molecule has 3 amide bonds. The Labute approximate surface area is 215 Å². The third kappa shape index (κ3) is 5.24. The number of aliphatic imine (C=N–C) groups is 2. The normalized spacial score (nSPS) is 16.2. The van der Waals surface area contributed by atoms with Gasteiger partial charge in [-0.3, -0.25) is 24.5 Å². The summed E-state index contributed by atoms with van der Waals surface area (Å²) in [6.45, 7) is 2.31. The van der Waals surface area contributed by atoms with Crippen LogP contribution in [0.5, 0.6) is 0 Å². The van der Waals surface area contributed by atoms with Crippen LogP contribution >= 0.6 is 23.1 Å². The number of thiophene rings is 1. The van der Waals surface area contributed by atoms with E-state index in [0.717, 1.165) is 27.9 Å². The van der Waals surface area contributed by atoms with Gasteiger partial charge in [0.25, 0.3) is 5.91 Å². The number of amidine groups is 2. The minimum atomic E-state index is -0.690. The van der Waals surface area contributed by atoms with Gasteiger partial charge in [0.05, 0.1) is 18.0 Å². The number of hydrogen-bond donors (Lipinski definition) is 3. The Kier molecular flexibility index (Phi) is 6.96. The van der Waals surface area contributed by atoms with Crippen molar-refractivity contribution in [1.29, 1.82) is 0 Å². The number of nitrogens with zero attached hydrogens (tertiary/aromatic N) is 4. The number of fused-ring (bicyclic) bond motifs is 3. The molecule has 0 aliphatic carbocycles. The number of aromatic nitrogens is 2. The van der Waals surface area contributed by atoms with E-state index in [0.29, 0.717) is 29.1 Å². The van der Waals surface area contributed by atoms with Crippen molar-refractivity contribution in [3.63, 3.8) is 0 Å². The number of anilines is 1. The topological polar surface area (TPSA) is 132 Å². The predicted molar refractivity (Wildman–Crippen MR) is 141 cm³/mol. The lowest BCUT2D eigenvalue weighted by molar-refractivity contribution is -0.125. The lowest BCUT2D eigenvalue weighted by Crippen LogP contribution is -2.41. The molecule has 0 radical (unpaired) electrons. The number of para-hydroxylation sites is 1. The van der Waals surface area contributed by atoms with Crippen molar-refractivity contribution in [3.05, 3.63) is 64.0 Å². The van der Waals surface area contributed by atoms with E-state index in [1.54, 1.807) is 17.4 Å². The van der Waals surface area contributed by atoms with Crippen LogP contribution in [0.1, 0.15) is 29.0 Å². The van der Waals surface area contributed by atoms with Gasteiger partial charge in [-0.15, -0.1) is 11.3 Å². The van der Waals surface area contributed by atoms with Crippen LogP contribution in [-0.4, -0.2) is 55.6 Å². The maximum Gasteiger partial charge on any atom is 0.259 e. The number of benzene rings is 1. The number of nitrogens with one attached hydrogen (secondary N) is 3. The Hall–Kier alpha value is -3.77. The minimum absolute atomic E-state index is 0.0414. The first-order chi connectivity index (χ1) is 17.5. The molecule has 3 N–H and O–H groups in total. The van der Waals surface area contributed by atoms with Gasteiger partial charge in [0.2, 0.25) is 11.8 Å². The Balaban J connectivity index is 1.25. The highest BCUT2D eigenvalue weighted by Gasteiger charge is 2.41. The van der Waals surface area contributed by atoms with Gasteiger partial charge in [-0.1, -0.05) is 30.0 Å². The van der Waals surface area contributed by atoms with Crippen LogP contribution in [0.3, 0.4) is 0 Å². The van der Waals surface area contributed by atoms with Crippen molar-refractivity contribution in [2.45, 2.75) is 32.4 Å². The van der Waals surface area contributed by atoms with Crippen molar-refractivity contribution < 1.29 is 14.4 Å². The van der Waals surface area contributed by atoms with Gasteiger partial charge in [-0.2, -0.15) is 5.10 Å². The first-order valence-corrected chi connectivity index (χ1v) is 13.2. The molecule has 0 unspecified atom stereocenters. The molecule has 2 aliphatic heterocycles. The van der Waals surface area contributed by atoms with E-state index in [4.69, 9.17) is 0 Å². The molecule has 10 nitrogen and oxygen atoms in total. The molecule has 0 spiro atoms. The second kappa shape index (κ2) is 10.5. The quantitative estimate of drug-likeness (QED) is 0.419. The molecular formula is C24H23N7O3S2. The third-order valence-electron chi connectivity index (χ3n) is 5.54. The SMILES string of the molecule is Cc1cc(NC(=O)CSC2=Nc3ccccc3C3=N[C@H](CCC(=O)NCc4cccs4)C(=O)N23)n[nH]1. The number of amides is 3. The van der Waals surface area contributed by atoms with E-state index in [1.165, 1.54) is 4.90 Å². The molecule has 3 aromatic rings. The monoisotopic (exact) mass is 521 g/mol. The summed E-state index contributed by atoms with van der Waals surface area (Å²) in [5, 5.41) is 14.7. The molecule has 36 heavy (non-hydrogen) atoms. The maximum absolute atomic E-state index is 13.3. The first-order valence-electron chi connectivity index (χ1n) is 11.3. The summed E-state index contributed by atoms with van der Waals surface area (Å²) < 4.78 is 0. The Morgan fingerprint density at radius 2 is 2.06 bits per heavy atom. The summed E-state index contributed by atoms with van der Waals surface area (Å²) in [4.78, 5) is 50.0. The lowest BCUT2D eigenvalue weighted by Gasteiger charge is -2.25. The molecule has 12 heteroatoms. The van der Waals surface area contributed by atoms with Crippen LogP contribution in [0.2, 0.25) is 0 Å². The zero-order valence-corrected chi connectivity index (χ0v) is 21.0. The fraction of sp³-hybridized carbons (Fsp3) is 0.250. The summed E-state index contributed by atoms with van der Waals surface area (Å²) >= 11 is 2.73. The molecular weight excluding hydrogens is 498 g/mol. The van der Waals surface area contributed by atoms with E-state index in [-0.39, 0.29) is 36.3 Å². The van der Waals surface area contributed by atoms with Crippen molar-refractivity contribution in [2.24, 2.45) is 9.98 Å². The number of aromatic amines is 1. The van der Waals surface area contributed by atoms with Gasteiger partial charge in [-0.25, -0.2) is 9.89 Å². The maximum atomic E-state index is 13.3. The van der Waals surface area contributed by atoms with Crippen LogP contribution < -0.4 is 10.6 Å². The second-order valence-corrected chi connectivity index (χ2v) is 10.2. The number of carbonyl (C=O) groups excluding carboxylic acids is 3. The largest absolute Gasteiger partial charge is 0.351 e. The number of aryl methyl sites for hydroxylation is 1. The zero-order chi connectivity index (χ0) is 25.1. The molecule has 0 bridgehead atoms. The molecule has 0 saturated carbocycles. The van der Waals surface area contributed by atoms with Crippen molar-refractivity contribution in [1.82, 2.24) is 20.4 Å². The third-order valence-corrected chi connectivity index (χ3v) is 7.35. The van der Waals surface area contributed by atoms with Crippen molar-refractivity contribution in [2.75, 3.05) is 11.1 Å². The molecule has 1 aromatic carbocycles. The second-order valence-electron chi connectivity index (χ2n) is 8.22. The Morgan fingerprint density at radius 1 is 1.19 bits per heavy atom. The molecule has 1 atom stereocenters. The number of rotatable bonds is 8. The van der Waals surface area contributed by atoms with Crippen LogP contribution in [-0.2, 0) is 20.9 Å². The van der Waals surface area contributed by atoms with E-state index in [2.05, 4.69) is 30.8 Å². The highest BCUT2D eigenvalue weighted by Crippen LogP contribution is 2.34. The highest BCUT2D eigenvalue weighted by atomic mass is 32.2. The minimum Gasteiger partial charge on any atom is -0.351 e. The standard InChI is InChI=1S/C24H23N7O3S2/c1-14-11-19(30-29-14)28-21(33)13-36-24-27-17-7-3-2-6-16(17)22-26-18(23(34)31(22)24)8-9-20(32)25-12-15-5-4-10-35-15/h2-7,10-11,18H,8-9,12-13H2,1H3,(H,25,32)(H2,28,29,30,33)/t18-/m1/s1. The van der Waals surface area contributed by atoms with Gasteiger partial charge in [0.1, 0.15) is 11.9 Å². The Morgan fingerprint density at radius 3 is 2.83 bits per heavy atom. The summed E-state index contributed by atoms with van der Waals surface area (Å²) in [5.74, 6) is 0.332. The molecule has 0 fully saturated rings. The average molecular weight is 522 g/mol. The smallest absolute Gasteiger partial charge is 0.259 e. The number of carbonyl (C=O) groups is 3. The van der Waals surface area contributed by atoms with Gasteiger partial charge in [-0.05, 0) is 36.9 Å². The van der Waals surface area contributed by atoms with E-state index < -0.39 is 6.04 Å². The predicted octanol–water partition coefficient (Wildman–Crippen LogP) is 3.21. The molecule has 184 valence electrons. The number of hydrogen-bond acceptors (Lipinski definition) is 8. The summed E-state index contributed by atoms with van der Waals surface area (Å²) in [5.41, 5.74) is 2.26.